The van der Waals surface area contributed by atoms with Gasteiger partial charge in [-0.15, -0.1) is 0 Å². The summed E-state index contributed by atoms with van der Waals surface area (Å²) in [5.74, 6) is 0.748. The van der Waals surface area contributed by atoms with Gasteiger partial charge in [0.15, 0.2) is 0 Å². The van der Waals surface area contributed by atoms with Gasteiger partial charge in [-0.05, 0) is 61.2 Å². The minimum absolute atomic E-state index is 0.0234. The van der Waals surface area contributed by atoms with Crippen molar-refractivity contribution in [3.8, 4) is 11.1 Å². The van der Waals surface area contributed by atoms with Crippen LogP contribution in [0.3, 0.4) is 0 Å². The van der Waals surface area contributed by atoms with E-state index in [1.807, 2.05) is 31.2 Å². The number of pyridine rings is 1. The van der Waals surface area contributed by atoms with Crippen LogP contribution >= 0.6 is 0 Å². The van der Waals surface area contributed by atoms with Crippen molar-refractivity contribution in [2.24, 2.45) is 0 Å². The molecule has 1 atom stereocenters. The summed E-state index contributed by atoms with van der Waals surface area (Å²) in [6.45, 7) is 5.66. The molecule has 0 amide bonds. The molecule has 2 aromatic carbocycles. The number of nitrogens with zero attached hydrogens (tertiary/aromatic N) is 3. The van der Waals surface area contributed by atoms with Crippen molar-refractivity contribution in [1.29, 1.82) is 0 Å². The lowest BCUT2D eigenvalue weighted by Gasteiger charge is -2.30. The Labute approximate surface area is 224 Å². The largest absolute Gasteiger partial charge is 0.394 e. The number of nitrogen functional groups attached to an aromatic ring is 1. The van der Waals surface area contributed by atoms with Crippen LogP contribution in [0.15, 0.2) is 65.6 Å². The Hall–Kier alpha value is -3.75. The van der Waals surface area contributed by atoms with Gasteiger partial charge in [0, 0.05) is 30.7 Å². The van der Waals surface area contributed by atoms with Gasteiger partial charge in [-0.3, -0.25) is 4.79 Å². The van der Waals surface area contributed by atoms with Crippen LogP contribution in [-0.4, -0.2) is 50.7 Å². The van der Waals surface area contributed by atoms with Crippen LogP contribution in [0.25, 0.3) is 22.0 Å². The van der Waals surface area contributed by atoms with Crippen LogP contribution < -0.4 is 16.6 Å². The smallest absolute Gasteiger partial charge is 0.248 e. The lowest BCUT2D eigenvalue weighted by atomic mass is 9.95. The maximum absolute atomic E-state index is 12.3. The van der Waals surface area contributed by atoms with E-state index in [9.17, 15) is 9.90 Å². The fourth-order valence-electron chi connectivity index (χ4n) is 4.68. The van der Waals surface area contributed by atoms with E-state index in [-0.39, 0.29) is 18.1 Å². The number of hydrogen-bond donors (Lipinski definition) is 4. The van der Waals surface area contributed by atoms with E-state index in [0.717, 1.165) is 54.3 Å². The zero-order valence-corrected chi connectivity index (χ0v) is 22.5. The van der Waals surface area contributed by atoms with E-state index in [0.29, 0.717) is 17.9 Å². The molecule has 2 heterocycles. The molecule has 38 heavy (non-hydrogen) atoms. The molecule has 0 aliphatic heterocycles. The van der Waals surface area contributed by atoms with Crippen molar-refractivity contribution in [3.05, 3.63) is 82.3 Å². The number of aromatic nitrogens is 3. The number of fused-ring (bicyclic) bond motifs is 1. The minimum Gasteiger partial charge on any atom is -0.394 e. The van der Waals surface area contributed by atoms with Crippen molar-refractivity contribution < 1.29 is 5.11 Å². The van der Waals surface area contributed by atoms with E-state index in [1.165, 1.54) is 5.56 Å². The number of aromatic amines is 1. The lowest BCUT2D eigenvalue weighted by molar-refractivity contribution is 0.212. The molecule has 0 bridgehead atoms. The molecule has 2 aromatic heterocycles. The zero-order chi connectivity index (χ0) is 27.1. The number of likely N-dealkylation sites (N-methyl/N-ethyl adjacent to an activating group) is 1. The first-order valence-electron chi connectivity index (χ1n) is 13.2. The molecule has 0 saturated carbocycles. The lowest BCUT2D eigenvalue weighted by Crippen LogP contribution is -2.39. The van der Waals surface area contributed by atoms with Gasteiger partial charge in [0.1, 0.15) is 5.82 Å². The first kappa shape index (κ1) is 27.3. The molecule has 0 aliphatic carbocycles. The Morgan fingerprint density at radius 3 is 2.66 bits per heavy atom. The van der Waals surface area contributed by atoms with Crippen LogP contribution in [-0.2, 0) is 13.0 Å². The van der Waals surface area contributed by atoms with Gasteiger partial charge in [0.2, 0.25) is 11.5 Å². The topological polar surface area (TPSA) is 120 Å². The first-order chi connectivity index (χ1) is 18.3. The second kappa shape index (κ2) is 12.2. The number of rotatable bonds is 12. The van der Waals surface area contributed by atoms with Gasteiger partial charge in [-0.25, -0.2) is 4.98 Å². The number of aliphatic hydroxyl groups is 1. The normalized spacial score (nSPS) is 13.1. The highest BCUT2D eigenvalue weighted by Gasteiger charge is 2.24. The molecule has 5 N–H and O–H groups in total. The van der Waals surface area contributed by atoms with E-state index in [2.05, 4.69) is 63.4 Å². The van der Waals surface area contributed by atoms with Crippen molar-refractivity contribution >= 4 is 22.7 Å². The van der Waals surface area contributed by atoms with Crippen molar-refractivity contribution in [1.82, 2.24) is 19.9 Å². The fourth-order valence-corrected chi connectivity index (χ4v) is 4.68. The second-order valence-corrected chi connectivity index (χ2v) is 10.3. The molecule has 200 valence electrons. The third kappa shape index (κ3) is 6.76. The molecule has 0 aliphatic rings. The zero-order valence-electron chi connectivity index (χ0n) is 22.5. The second-order valence-electron chi connectivity index (χ2n) is 10.3. The summed E-state index contributed by atoms with van der Waals surface area (Å²) in [6.07, 6.45) is 5.56. The Balaban J connectivity index is 1.62. The summed E-state index contributed by atoms with van der Waals surface area (Å²) >= 11 is 0. The average Bonchev–Trinajstić information content (AvgIpc) is 2.92. The Kier molecular flexibility index (Phi) is 8.76. The predicted molar refractivity (Wildman–Crippen MR) is 155 cm³/mol. The highest BCUT2D eigenvalue weighted by Crippen LogP contribution is 2.31. The average molecular weight is 515 g/mol. The number of nitrogens with one attached hydrogen (secondary N) is 2. The highest BCUT2D eigenvalue weighted by molar-refractivity contribution is 5.93. The standard InChI is InChI=1S/C30H38N6O2/c1-4-5-14-30(2,20-37)35-28-24-12-11-22(16-26(24)33-29(31)34-28)25-17-27(38)32-18-23(25)19-36(3)15-13-21-9-7-6-8-10-21/h6-12,16-18,37H,4-5,13-15,19-20H2,1-3H3,(H,32,38)(H3,31,33,34,35)/t30-/m1/s1. The summed E-state index contributed by atoms with van der Waals surface area (Å²) in [6, 6.07) is 17.9. The molecular weight excluding hydrogens is 476 g/mol. The summed E-state index contributed by atoms with van der Waals surface area (Å²) in [7, 11) is 2.08. The number of unbranched alkanes of at least 4 members (excludes halogenated alkanes) is 1. The van der Waals surface area contributed by atoms with Gasteiger partial charge in [-0.1, -0.05) is 56.2 Å². The Morgan fingerprint density at radius 2 is 1.92 bits per heavy atom. The van der Waals surface area contributed by atoms with Crippen molar-refractivity contribution in [2.45, 2.75) is 51.6 Å². The number of anilines is 2. The van der Waals surface area contributed by atoms with E-state index in [1.54, 1.807) is 12.3 Å². The summed E-state index contributed by atoms with van der Waals surface area (Å²) in [4.78, 5) is 26.3. The van der Waals surface area contributed by atoms with Crippen LogP contribution in [0.1, 0.15) is 44.2 Å². The van der Waals surface area contributed by atoms with Crippen molar-refractivity contribution in [3.63, 3.8) is 0 Å². The Bertz CT molecular complexity index is 1420. The molecule has 0 unspecified atom stereocenters. The maximum atomic E-state index is 12.3. The van der Waals surface area contributed by atoms with Crippen LogP contribution in [0.5, 0.6) is 0 Å². The number of benzene rings is 2. The third-order valence-electron chi connectivity index (χ3n) is 6.95. The van der Waals surface area contributed by atoms with E-state index in [4.69, 9.17) is 5.73 Å². The summed E-state index contributed by atoms with van der Waals surface area (Å²) in [5.41, 5.74) is 10.1. The molecule has 0 saturated heterocycles. The third-order valence-corrected chi connectivity index (χ3v) is 6.95. The molecule has 8 nitrogen and oxygen atoms in total. The SMILES string of the molecule is CCCC[C@](C)(CO)Nc1nc(N)nc2cc(-c3cc(=O)[nH]cc3CN(C)CCc3ccccc3)ccc12. The maximum Gasteiger partial charge on any atom is 0.248 e. The van der Waals surface area contributed by atoms with Gasteiger partial charge in [0.25, 0.3) is 0 Å². The van der Waals surface area contributed by atoms with E-state index >= 15 is 0 Å². The number of hydrogen-bond acceptors (Lipinski definition) is 7. The quantitative estimate of drug-likeness (QED) is 0.218. The van der Waals surface area contributed by atoms with Crippen LogP contribution in [0, 0.1) is 0 Å². The number of nitrogens with two attached hydrogens (primary N) is 1. The van der Waals surface area contributed by atoms with Crippen LogP contribution in [0.2, 0.25) is 0 Å². The molecule has 0 fully saturated rings. The first-order valence-corrected chi connectivity index (χ1v) is 13.2. The van der Waals surface area contributed by atoms with Gasteiger partial charge in [-0.2, -0.15) is 4.98 Å². The molecular formula is C30H38N6O2. The minimum atomic E-state index is -0.521. The molecule has 0 spiro atoms. The summed E-state index contributed by atoms with van der Waals surface area (Å²) in [5, 5.41) is 14.3. The molecule has 4 aromatic rings. The number of H-pyrrole nitrogens is 1. The molecule has 8 heteroatoms. The van der Waals surface area contributed by atoms with Gasteiger partial charge >= 0.3 is 0 Å². The van der Waals surface area contributed by atoms with E-state index < -0.39 is 5.54 Å². The summed E-state index contributed by atoms with van der Waals surface area (Å²) < 4.78 is 0. The monoisotopic (exact) mass is 514 g/mol. The van der Waals surface area contributed by atoms with Gasteiger partial charge in [0.05, 0.1) is 17.7 Å². The predicted octanol–water partition coefficient (Wildman–Crippen LogP) is 4.59. The fraction of sp³-hybridized carbons (Fsp3) is 0.367. The molecule has 0 radical (unpaired) electrons. The number of aliphatic hydroxyl groups excluding tert-OH is 1. The van der Waals surface area contributed by atoms with Gasteiger partial charge < -0.3 is 26.0 Å². The Morgan fingerprint density at radius 1 is 1.13 bits per heavy atom. The molecule has 4 rings (SSSR count). The van der Waals surface area contributed by atoms with Crippen molar-refractivity contribution in [2.75, 3.05) is 31.2 Å². The van der Waals surface area contributed by atoms with Crippen LogP contribution in [0.4, 0.5) is 11.8 Å². The highest BCUT2D eigenvalue weighted by atomic mass is 16.3.